The molecule has 3 aromatic rings. The van der Waals surface area contributed by atoms with Gasteiger partial charge in [-0.05, 0) is 25.5 Å². The van der Waals surface area contributed by atoms with Crippen molar-refractivity contribution in [3.8, 4) is 23.3 Å². The van der Waals surface area contributed by atoms with Crippen LogP contribution in [-0.4, -0.2) is 18.8 Å². The lowest BCUT2D eigenvalue weighted by Gasteiger charge is -2.28. The molecule has 0 unspecified atom stereocenters. The van der Waals surface area contributed by atoms with Crippen LogP contribution >= 0.6 is 0 Å². The van der Waals surface area contributed by atoms with Gasteiger partial charge in [-0.25, -0.2) is 0 Å². The number of aryl methyl sites for hydroxylation is 2. The van der Waals surface area contributed by atoms with E-state index in [4.69, 9.17) is 19.9 Å². The fourth-order valence-electron chi connectivity index (χ4n) is 4.21. The number of pyridine rings is 1. The van der Waals surface area contributed by atoms with Gasteiger partial charge in [0.1, 0.15) is 17.4 Å². The van der Waals surface area contributed by atoms with Crippen molar-refractivity contribution in [2.45, 2.75) is 26.3 Å². The van der Waals surface area contributed by atoms with E-state index in [-0.39, 0.29) is 17.0 Å². The molecule has 1 aromatic heterocycles. The molecule has 0 fully saturated rings. The third kappa shape index (κ3) is 3.80. The van der Waals surface area contributed by atoms with Crippen LogP contribution in [0.15, 0.2) is 64.8 Å². The summed E-state index contributed by atoms with van der Waals surface area (Å²) in [6.07, 6.45) is 0. The van der Waals surface area contributed by atoms with Crippen molar-refractivity contribution in [1.29, 1.82) is 5.26 Å². The molecule has 33 heavy (non-hydrogen) atoms. The Morgan fingerprint density at radius 1 is 1.12 bits per heavy atom. The summed E-state index contributed by atoms with van der Waals surface area (Å²) < 4.78 is 18.5. The highest BCUT2D eigenvalue weighted by atomic mass is 16.5. The molecule has 0 saturated carbocycles. The monoisotopic (exact) mass is 443 g/mol. The molecule has 4 rings (SSSR count). The smallest absolute Gasteiger partial charge is 0.259 e. The number of aromatic nitrogens is 1. The first-order valence-electron chi connectivity index (χ1n) is 10.5. The van der Waals surface area contributed by atoms with Crippen molar-refractivity contribution in [3.63, 3.8) is 0 Å². The highest BCUT2D eigenvalue weighted by molar-refractivity contribution is 5.60. The Morgan fingerprint density at radius 3 is 2.48 bits per heavy atom. The molecule has 1 aliphatic rings. The van der Waals surface area contributed by atoms with Crippen LogP contribution in [0, 0.1) is 25.2 Å². The molecule has 2 N–H and O–H groups in total. The third-order valence-corrected chi connectivity index (χ3v) is 5.90. The molecule has 0 saturated heterocycles. The molecule has 0 aliphatic carbocycles. The summed E-state index contributed by atoms with van der Waals surface area (Å²) in [5, 5.41) is 9.94. The van der Waals surface area contributed by atoms with Crippen LogP contribution in [0.2, 0.25) is 0 Å². The normalized spacial score (nSPS) is 14.8. The number of para-hydroxylation sites is 1. The largest absolute Gasteiger partial charge is 0.493 e. The van der Waals surface area contributed by atoms with Crippen molar-refractivity contribution >= 4 is 0 Å². The van der Waals surface area contributed by atoms with Crippen LogP contribution in [0.25, 0.3) is 0 Å². The van der Waals surface area contributed by atoms with Gasteiger partial charge < -0.3 is 24.5 Å². The number of methoxy groups -OCH3 is 2. The fourth-order valence-corrected chi connectivity index (χ4v) is 4.21. The summed E-state index contributed by atoms with van der Waals surface area (Å²) in [4.78, 5) is 13.8. The number of nitrogens with two attached hydrogens (primary N) is 1. The SMILES string of the molecule is COc1cccc([C@@H]2C(C#N)=C(N)Oc3cc(C)n(Cc4ccc(C)cc4)c(=O)c32)c1OC. The Balaban J connectivity index is 1.96. The lowest BCUT2D eigenvalue weighted by atomic mass is 9.83. The van der Waals surface area contributed by atoms with Crippen LogP contribution in [0.1, 0.15) is 33.9 Å². The number of ether oxygens (including phenoxy) is 3. The first-order valence-corrected chi connectivity index (χ1v) is 10.5. The van der Waals surface area contributed by atoms with E-state index >= 15 is 0 Å². The molecule has 2 aromatic carbocycles. The maximum absolute atomic E-state index is 13.8. The highest BCUT2D eigenvalue weighted by Crippen LogP contribution is 2.46. The van der Waals surface area contributed by atoms with Gasteiger partial charge >= 0.3 is 0 Å². The Morgan fingerprint density at radius 2 is 1.85 bits per heavy atom. The zero-order chi connectivity index (χ0) is 23.7. The Bertz CT molecular complexity index is 1350. The standard InChI is InChI=1S/C26H25N3O4/c1-15-8-10-17(11-9-15)14-29-16(2)12-21-23(26(29)30)22(19(13-27)25(28)33-21)18-6-5-7-20(31-3)24(18)32-4/h5-12,22H,14,28H2,1-4H3/t22-/m1/s1. The second-order valence-electron chi connectivity index (χ2n) is 7.95. The van der Waals surface area contributed by atoms with Crippen molar-refractivity contribution in [2.24, 2.45) is 5.73 Å². The van der Waals surface area contributed by atoms with Crippen LogP contribution < -0.4 is 25.5 Å². The second kappa shape index (κ2) is 8.75. The first-order chi connectivity index (χ1) is 15.9. The molecule has 0 spiro atoms. The van der Waals surface area contributed by atoms with E-state index in [0.29, 0.717) is 34.9 Å². The second-order valence-corrected chi connectivity index (χ2v) is 7.95. The maximum Gasteiger partial charge on any atom is 0.259 e. The van der Waals surface area contributed by atoms with Gasteiger partial charge in [-0.3, -0.25) is 4.79 Å². The van der Waals surface area contributed by atoms with E-state index in [1.807, 2.05) is 38.1 Å². The van der Waals surface area contributed by atoms with Gasteiger partial charge in [0.15, 0.2) is 11.5 Å². The van der Waals surface area contributed by atoms with Crippen LogP contribution in [0.3, 0.4) is 0 Å². The quantitative estimate of drug-likeness (QED) is 0.645. The minimum Gasteiger partial charge on any atom is -0.493 e. The topological polar surface area (TPSA) is 99.5 Å². The van der Waals surface area contributed by atoms with Gasteiger partial charge in [0.25, 0.3) is 5.56 Å². The molecule has 168 valence electrons. The molecular weight excluding hydrogens is 418 g/mol. The average molecular weight is 444 g/mol. The first kappa shape index (κ1) is 22.0. The molecule has 7 heteroatoms. The molecule has 0 amide bonds. The molecule has 2 heterocycles. The fraction of sp³-hybridized carbons (Fsp3) is 0.231. The summed E-state index contributed by atoms with van der Waals surface area (Å²) >= 11 is 0. The summed E-state index contributed by atoms with van der Waals surface area (Å²) in [6.45, 7) is 4.26. The van der Waals surface area contributed by atoms with Gasteiger partial charge in [0, 0.05) is 17.3 Å². The number of nitrogens with zero attached hydrogens (tertiary/aromatic N) is 2. The van der Waals surface area contributed by atoms with Crippen LogP contribution in [0.5, 0.6) is 17.2 Å². The minimum absolute atomic E-state index is 0.0324. The van der Waals surface area contributed by atoms with Crippen molar-refractivity contribution < 1.29 is 14.2 Å². The van der Waals surface area contributed by atoms with Gasteiger partial charge in [0.2, 0.25) is 5.88 Å². The van der Waals surface area contributed by atoms with Gasteiger partial charge in [0.05, 0.1) is 32.2 Å². The zero-order valence-corrected chi connectivity index (χ0v) is 19.0. The minimum atomic E-state index is -0.763. The molecule has 1 aliphatic heterocycles. The van der Waals surface area contributed by atoms with Gasteiger partial charge in [-0.15, -0.1) is 0 Å². The number of benzene rings is 2. The predicted molar refractivity (Wildman–Crippen MR) is 125 cm³/mol. The number of hydrogen-bond acceptors (Lipinski definition) is 6. The lowest BCUT2D eigenvalue weighted by Crippen LogP contribution is -2.33. The van der Waals surface area contributed by atoms with E-state index in [2.05, 4.69) is 6.07 Å². The summed E-state index contributed by atoms with van der Waals surface area (Å²) in [7, 11) is 3.05. The predicted octanol–water partition coefficient (Wildman–Crippen LogP) is 3.75. The van der Waals surface area contributed by atoms with Gasteiger partial charge in [-0.1, -0.05) is 42.0 Å². The van der Waals surface area contributed by atoms with E-state index in [0.717, 1.165) is 16.8 Å². The average Bonchev–Trinajstić information content (AvgIpc) is 2.81. The Kier molecular flexibility index (Phi) is 5.84. The van der Waals surface area contributed by atoms with E-state index in [1.54, 1.807) is 28.8 Å². The van der Waals surface area contributed by atoms with Crippen LogP contribution in [-0.2, 0) is 6.54 Å². The summed E-state index contributed by atoms with van der Waals surface area (Å²) in [5.74, 6) is 0.467. The lowest BCUT2D eigenvalue weighted by molar-refractivity contribution is 0.348. The van der Waals surface area contributed by atoms with Crippen molar-refractivity contribution in [1.82, 2.24) is 4.57 Å². The summed E-state index contributed by atoms with van der Waals surface area (Å²) in [5.41, 5.74) is 9.83. The van der Waals surface area contributed by atoms with Crippen LogP contribution in [0.4, 0.5) is 0 Å². The van der Waals surface area contributed by atoms with E-state index < -0.39 is 5.92 Å². The number of allylic oxidation sites excluding steroid dienone is 1. The highest BCUT2D eigenvalue weighted by Gasteiger charge is 2.36. The molecular formula is C26H25N3O4. The maximum atomic E-state index is 13.8. The number of hydrogen-bond donors (Lipinski definition) is 1. The Labute approximate surface area is 192 Å². The molecule has 0 radical (unpaired) electrons. The number of rotatable bonds is 5. The number of nitriles is 1. The Hall–Kier alpha value is -4.18. The van der Waals surface area contributed by atoms with Crippen molar-refractivity contribution in [2.75, 3.05) is 14.2 Å². The number of fused-ring (bicyclic) bond motifs is 1. The molecule has 0 bridgehead atoms. The zero-order valence-electron chi connectivity index (χ0n) is 19.0. The van der Waals surface area contributed by atoms with Crippen molar-refractivity contribution in [3.05, 3.63) is 98.3 Å². The summed E-state index contributed by atoms with van der Waals surface area (Å²) in [6, 6.07) is 17.3. The van der Waals surface area contributed by atoms with Gasteiger partial charge in [-0.2, -0.15) is 5.26 Å². The van der Waals surface area contributed by atoms with E-state index in [9.17, 15) is 10.1 Å². The third-order valence-electron chi connectivity index (χ3n) is 5.90. The molecule has 1 atom stereocenters. The van der Waals surface area contributed by atoms with E-state index in [1.165, 1.54) is 14.2 Å². The molecule has 7 nitrogen and oxygen atoms in total.